The molecule has 0 saturated heterocycles. The first-order valence-electron chi connectivity index (χ1n) is 4.44. The Kier molecular flexibility index (Phi) is 1.38. The van der Waals surface area contributed by atoms with E-state index in [1.165, 1.54) is 25.0 Å². The molecule has 68 valence electrons. The molecule has 2 aromatic rings. The van der Waals surface area contributed by atoms with E-state index in [-0.39, 0.29) is 0 Å². The highest BCUT2D eigenvalue weighted by Gasteiger charge is 2.23. The Bertz CT molecular complexity index is 440. The van der Waals surface area contributed by atoms with Crippen LogP contribution in [0, 0.1) is 0 Å². The first kappa shape index (κ1) is 7.32. The van der Waals surface area contributed by atoms with Crippen molar-refractivity contribution in [3.63, 3.8) is 0 Å². The number of nitrogens with zero attached hydrogens (tertiary/aromatic N) is 3. The number of aromatic nitrogens is 3. The van der Waals surface area contributed by atoms with Gasteiger partial charge in [0.05, 0.1) is 5.69 Å². The third-order valence-electron chi connectivity index (χ3n) is 2.65. The SMILES string of the molecule is Nc1nc2scc(C3CCC3)n2n1. The normalized spacial score (nSPS) is 17.8. The van der Waals surface area contributed by atoms with E-state index in [0.29, 0.717) is 11.9 Å². The zero-order chi connectivity index (χ0) is 8.84. The van der Waals surface area contributed by atoms with E-state index in [2.05, 4.69) is 15.5 Å². The molecule has 4 nitrogen and oxygen atoms in total. The molecule has 0 amide bonds. The van der Waals surface area contributed by atoms with Gasteiger partial charge in [-0.1, -0.05) is 6.42 Å². The summed E-state index contributed by atoms with van der Waals surface area (Å²) in [4.78, 5) is 5.04. The largest absolute Gasteiger partial charge is 0.366 e. The second-order valence-corrected chi connectivity index (χ2v) is 4.29. The summed E-state index contributed by atoms with van der Waals surface area (Å²) < 4.78 is 1.89. The van der Waals surface area contributed by atoms with E-state index in [9.17, 15) is 0 Å². The highest BCUT2D eigenvalue weighted by molar-refractivity contribution is 7.15. The third kappa shape index (κ3) is 0.966. The molecular formula is C8H10N4S. The fraction of sp³-hybridized carbons (Fsp3) is 0.500. The van der Waals surface area contributed by atoms with E-state index in [4.69, 9.17) is 5.73 Å². The van der Waals surface area contributed by atoms with Gasteiger partial charge in [0.1, 0.15) is 0 Å². The molecule has 1 saturated carbocycles. The van der Waals surface area contributed by atoms with Gasteiger partial charge in [0.15, 0.2) is 0 Å². The zero-order valence-corrected chi connectivity index (χ0v) is 7.92. The van der Waals surface area contributed by atoms with E-state index in [1.807, 2.05) is 4.52 Å². The van der Waals surface area contributed by atoms with Crippen LogP contribution in [0.3, 0.4) is 0 Å². The molecule has 3 rings (SSSR count). The standard InChI is InChI=1S/C8H10N4S/c9-7-10-8-12(11-7)6(4-13-8)5-2-1-3-5/h4-5H,1-3H2,(H2,9,11). The molecular weight excluding hydrogens is 184 g/mol. The Labute approximate surface area is 79.4 Å². The van der Waals surface area contributed by atoms with Crippen LogP contribution in [0.4, 0.5) is 5.95 Å². The maximum atomic E-state index is 5.53. The van der Waals surface area contributed by atoms with Crippen molar-refractivity contribution in [1.29, 1.82) is 0 Å². The van der Waals surface area contributed by atoms with E-state index in [0.717, 1.165) is 4.96 Å². The summed E-state index contributed by atoms with van der Waals surface area (Å²) in [5.74, 6) is 1.07. The van der Waals surface area contributed by atoms with Crippen molar-refractivity contribution < 1.29 is 0 Å². The maximum absolute atomic E-state index is 5.53. The van der Waals surface area contributed by atoms with Crippen LogP contribution in [0.15, 0.2) is 5.38 Å². The smallest absolute Gasteiger partial charge is 0.241 e. The average Bonchev–Trinajstić information content (AvgIpc) is 2.47. The molecule has 2 N–H and O–H groups in total. The first-order chi connectivity index (χ1) is 6.34. The molecule has 0 aliphatic heterocycles. The van der Waals surface area contributed by atoms with Gasteiger partial charge in [0.2, 0.25) is 10.9 Å². The maximum Gasteiger partial charge on any atom is 0.241 e. The lowest BCUT2D eigenvalue weighted by atomic mass is 9.83. The Hall–Kier alpha value is -1.10. The van der Waals surface area contributed by atoms with Crippen molar-refractivity contribution in [2.24, 2.45) is 0 Å². The van der Waals surface area contributed by atoms with Crippen molar-refractivity contribution in [2.75, 3.05) is 5.73 Å². The van der Waals surface area contributed by atoms with Crippen LogP contribution < -0.4 is 5.73 Å². The molecule has 0 bridgehead atoms. The van der Waals surface area contributed by atoms with Gasteiger partial charge >= 0.3 is 0 Å². The Morgan fingerprint density at radius 1 is 1.54 bits per heavy atom. The number of anilines is 1. The molecule has 0 radical (unpaired) electrons. The predicted octanol–water partition coefficient (Wildman–Crippen LogP) is 1.64. The number of nitrogens with two attached hydrogens (primary N) is 1. The second-order valence-electron chi connectivity index (χ2n) is 3.45. The van der Waals surface area contributed by atoms with Gasteiger partial charge in [-0.3, -0.25) is 0 Å². The second kappa shape index (κ2) is 2.45. The highest BCUT2D eigenvalue weighted by Crippen LogP contribution is 2.37. The number of thiazole rings is 1. The van der Waals surface area contributed by atoms with Gasteiger partial charge in [-0.15, -0.1) is 16.4 Å². The summed E-state index contributed by atoms with van der Waals surface area (Å²) in [6.45, 7) is 0. The zero-order valence-electron chi connectivity index (χ0n) is 7.10. The first-order valence-corrected chi connectivity index (χ1v) is 5.32. The fourth-order valence-electron chi connectivity index (χ4n) is 1.69. The van der Waals surface area contributed by atoms with Gasteiger partial charge in [-0.05, 0) is 12.8 Å². The third-order valence-corrected chi connectivity index (χ3v) is 3.48. The van der Waals surface area contributed by atoms with E-state index in [1.54, 1.807) is 11.3 Å². The van der Waals surface area contributed by atoms with Crippen molar-refractivity contribution in [2.45, 2.75) is 25.2 Å². The summed E-state index contributed by atoms with van der Waals surface area (Å²) in [7, 11) is 0. The van der Waals surface area contributed by atoms with Crippen molar-refractivity contribution in [3.05, 3.63) is 11.1 Å². The van der Waals surface area contributed by atoms with E-state index >= 15 is 0 Å². The number of rotatable bonds is 1. The van der Waals surface area contributed by atoms with Crippen LogP contribution >= 0.6 is 11.3 Å². The minimum atomic E-state index is 0.382. The summed E-state index contributed by atoms with van der Waals surface area (Å²) in [6, 6.07) is 0. The van der Waals surface area contributed by atoms with Crippen molar-refractivity contribution in [3.8, 4) is 0 Å². The van der Waals surface area contributed by atoms with Gasteiger partial charge in [-0.25, -0.2) is 4.52 Å². The van der Waals surface area contributed by atoms with Crippen LogP contribution in [-0.4, -0.2) is 14.6 Å². The summed E-state index contributed by atoms with van der Waals surface area (Å²) in [5.41, 5.74) is 6.81. The van der Waals surface area contributed by atoms with Gasteiger partial charge < -0.3 is 5.73 Å². The molecule has 0 aromatic carbocycles. The summed E-state index contributed by atoms with van der Waals surface area (Å²) in [6.07, 6.45) is 3.91. The minimum Gasteiger partial charge on any atom is -0.366 e. The number of nitrogen functional groups attached to an aromatic ring is 1. The lowest BCUT2D eigenvalue weighted by Crippen LogP contribution is -2.11. The molecule has 5 heteroatoms. The summed E-state index contributed by atoms with van der Waals surface area (Å²) >= 11 is 1.62. The van der Waals surface area contributed by atoms with Crippen LogP contribution in [0.25, 0.3) is 4.96 Å². The number of hydrogen-bond donors (Lipinski definition) is 1. The predicted molar refractivity (Wildman–Crippen MR) is 51.9 cm³/mol. The molecule has 2 aromatic heterocycles. The molecule has 1 aliphatic rings. The minimum absolute atomic E-state index is 0.382. The molecule has 2 heterocycles. The number of fused-ring (bicyclic) bond motifs is 1. The van der Waals surface area contributed by atoms with Crippen LogP contribution in [0.1, 0.15) is 30.9 Å². The van der Waals surface area contributed by atoms with E-state index < -0.39 is 0 Å². The molecule has 1 fully saturated rings. The monoisotopic (exact) mass is 194 g/mol. The fourth-order valence-corrected chi connectivity index (χ4v) is 2.60. The topological polar surface area (TPSA) is 56.2 Å². The van der Waals surface area contributed by atoms with Crippen LogP contribution in [0.2, 0.25) is 0 Å². The number of hydrogen-bond acceptors (Lipinski definition) is 4. The summed E-state index contributed by atoms with van der Waals surface area (Å²) in [5, 5.41) is 6.32. The van der Waals surface area contributed by atoms with Crippen molar-refractivity contribution in [1.82, 2.24) is 14.6 Å². The molecule has 1 aliphatic carbocycles. The lowest BCUT2D eigenvalue weighted by molar-refractivity contribution is 0.406. The van der Waals surface area contributed by atoms with Crippen LogP contribution in [-0.2, 0) is 0 Å². The Morgan fingerprint density at radius 3 is 3.08 bits per heavy atom. The Balaban J connectivity index is 2.16. The molecule has 13 heavy (non-hydrogen) atoms. The Morgan fingerprint density at radius 2 is 2.38 bits per heavy atom. The molecule has 0 unspecified atom stereocenters. The van der Waals surface area contributed by atoms with Crippen LogP contribution in [0.5, 0.6) is 0 Å². The quantitative estimate of drug-likeness (QED) is 0.750. The molecule has 0 spiro atoms. The van der Waals surface area contributed by atoms with Crippen molar-refractivity contribution >= 4 is 22.2 Å². The average molecular weight is 194 g/mol. The highest BCUT2D eigenvalue weighted by atomic mass is 32.1. The lowest BCUT2D eigenvalue weighted by Gasteiger charge is -2.23. The molecule has 0 atom stereocenters. The van der Waals surface area contributed by atoms with Gasteiger partial charge in [-0.2, -0.15) is 4.98 Å². The van der Waals surface area contributed by atoms with Gasteiger partial charge in [0.25, 0.3) is 0 Å². The van der Waals surface area contributed by atoms with Gasteiger partial charge in [0, 0.05) is 11.3 Å².